The topological polar surface area (TPSA) is 398 Å². The molecule has 0 spiro atoms. The predicted octanol–water partition coefficient (Wildman–Crippen LogP) is 7.41. The number of carbonyl (C=O) groups excluding carboxylic acids is 4. The Kier molecular flexibility index (Phi) is 44.5. The van der Waals surface area contributed by atoms with Gasteiger partial charge in [0.1, 0.15) is 47.5 Å². The summed E-state index contributed by atoms with van der Waals surface area (Å²) in [6.07, 6.45) is 16.9. The van der Waals surface area contributed by atoms with Crippen LogP contribution in [-0.4, -0.2) is 168 Å². The molecule has 11 N–H and O–H groups in total. The van der Waals surface area contributed by atoms with E-state index in [4.69, 9.17) is 92.4 Å². The van der Waals surface area contributed by atoms with E-state index in [1.165, 1.54) is 131 Å². The summed E-state index contributed by atoms with van der Waals surface area (Å²) in [6.45, 7) is 13.3. The van der Waals surface area contributed by atoms with Crippen molar-refractivity contribution in [2.45, 2.75) is 172 Å². The molecule has 117 heavy (non-hydrogen) atoms. The number of Topliss-reactive ketones (excluding diaryl/α,β-unsaturated/α-hetero) is 1. The first-order valence-electron chi connectivity index (χ1n) is 38.2. The second kappa shape index (κ2) is 50.9. The number of halogens is 8. The summed E-state index contributed by atoms with van der Waals surface area (Å²) in [6, 6.07) is 12.8. The predicted molar refractivity (Wildman–Crippen MR) is 465 cm³/mol. The summed E-state index contributed by atoms with van der Waals surface area (Å²) < 4.78 is 21.3. The largest absolute Gasteiger partial charge is 1.00 e. The number of nitrogens with zero attached hydrogens (tertiary/aromatic N) is 4. The summed E-state index contributed by atoms with van der Waals surface area (Å²) >= 11 is 17.4. The van der Waals surface area contributed by atoms with Crippen LogP contribution < -0.4 is 106 Å². The number of carboxylic acid groups (broad SMARTS) is 3. The summed E-state index contributed by atoms with van der Waals surface area (Å²) in [5.41, 5.74) is 24.7. The molecular weight excluding hydrogens is 1860 g/mol. The number of aromatic hydroxyl groups is 1. The number of phenolic OH excluding ortho intramolecular Hbond substituents is 1. The van der Waals surface area contributed by atoms with Crippen molar-refractivity contribution in [3.8, 4) is 5.75 Å². The van der Waals surface area contributed by atoms with Gasteiger partial charge in [-0.05, 0) is 179 Å². The normalized spacial score (nSPS) is 14.9. The van der Waals surface area contributed by atoms with Crippen molar-refractivity contribution in [1.29, 1.82) is 0 Å². The molecule has 0 aliphatic carbocycles. The van der Waals surface area contributed by atoms with Crippen LogP contribution in [0.15, 0.2) is 76.2 Å². The minimum Gasteiger partial charge on any atom is -1.00 e. The van der Waals surface area contributed by atoms with Gasteiger partial charge >= 0.3 is 75.7 Å². The van der Waals surface area contributed by atoms with E-state index < -0.39 is 71.3 Å². The van der Waals surface area contributed by atoms with Crippen LogP contribution in [0.5, 0.6) is 5.75 Å². The van der Waals surface area contributed by atoms with Crippen LogP contribution in [0, 0.1) is 0 Å². The average Bonchev–Trinajstić information content (AvgIpc) is 0.787. The number of hydrogen-bond donors (Lipinski definition) is 8. The maximum atomic E-state index is 12.6. The Bertz CT molecular complexity index is 4660. The quantitative estimate of drug-likeness (QED) is 0.0136. The van der Waals surface area contributed by atoms with Crippen LogP contribution in [0.25, 0.3) is 32.9 Å². The van der Waals surface area contributed by atoms with E-state index in [1.807, 2.05) is 13.0 Å². The zero-order valence-corrected chi connectivity index (χ0v) is 78.6. The Balaban J connectivity index is 0.000000267. The Morgan fingerprint density at radius 3 is 1.38 bits per heavy atom. The fraction of sp³-hybridized carbons (Fsp3) is 0.500. The molecule has 2 atom stereocenters. The van der Waals surface area contributed by atoms with Gasteiger partial charge in [0.2, 0.25) is 11.8 Å². The number of nitrogens with one attached hydrogen (secondary N) is 2. The molecule has 2 amide bonds. The Hall–Kier alpha value is -5.31. The summed E-state index contributed by atoms with van der Waals surface area (Å²) in [4.78, 5) is 123. The molecule has 26 nitrogen and oxygen atoms in total. The van der Waals surface area contributed by atoms with Crippen molar-refractivity contribution in [2.75, 3.05) is 102 Å². The molecule has 15 rings (SSSR count). The van der Waals surface area contributed by atoms with Crippen molar-refractivity contribution in [3.05, 3.63) is 141 Å². The van der Waals surface area contributed by atoms with Gasteiger partial charge in [0.05, 0.1) is 12.5 Å². The van der Waals surface area contributed by atoms with Crippen molar-refractivity contribution < 1.29 is 119 Å². The van der Waals surface area contributed by atoms with E-state index in [0.717, 1.165) is 172 Å². The van der Waals surface area contributed by atoms with Gasteiger partial charge in [-0.2, -0.15) is 11.8 Å². The summed E-state index contributed by atoms with van der Waals surface area (Å²) in [7, 11) is 14.8. The molecule has 11 heterocycles. The van der Waals surface area contributed by atoms with Gasteiger partial charge in [0, 0.05) is 173 Å². The molecule has 0 saturated carbocycles. The van der Waals surface area contributed by atoms with Crippen molar-refractivity contribution in [2.24, 2.45) is 5.73 Å². The third-order valence-electron chi connectivity index (χ3n) is 20.0. The van der Waals surface area contributed by atoms with Gasteiger partial charge in [-0.3, -0.25) is 33.6 Å². The number of fused-ring (bicyclic) bond motifs is 6. The molecule has 3 aromatic heterocycles. The molecule has 0 bridgehead atoms. The number of aliphatic carboxylic acids is 3. The number of nitrogens with two attached hydrogens (primary N) is 1. The number of ether oxygens (including phenoxy) is 1. The van der Waals surface area contributed by atoms with Gasteiger partial charge in [-0.25, -0.2) is 44.5 Å². The maximum absolute atomic E-state index is 12.6. The number of anilines is 4. The van der Waals surface area contributed by atoms with Gasteiger partial charge in [-0.1, -0.05) is 44.8 Å². The standard InChI is InChI=1S/C26H32N4O8S.C16H16BrNO2.C16H16ClNO2.C12H15NO.C6H9ClO3.C2H5Br.C2H4O2.Al.BrH.3ClH.H3N.Na/c27-18(26(36)37)5-6-20(31)29-19(25(35)28-11-21(32)33)13-39-12-15-10-22(34)38-24-16-4-2-8-30-7-1-3-14(23(16)30)9-17(15)24;2*17-9-11-8-14(19)20-16-12-4-2-6-18-5-1-3-10(15(12)18)7-13(11)16;14-11-6-5-9-3-1-7-13-8-2-4-10(11)12(9)13;1-2-10-6(9)3-5(8)4-7;1-2-3;1-2(3)4;;;;;;;/h9-10,18-19H,1-8,11-13,27H2,(H,28,35)(H,29,31)(H,32,33)(H,36,37);2*7-8H,1-6,9H2;5-6,14H,1-4,7-8H2;2-4H2,1H3;2H2,1H3;1H3,(H,3,4);;4*1H;1H3;/q;;;;;;;+3;;;;;;+1/p-4/t18-,19-;;;;;;;;;;;;;/m1............./s1. The molecule has 0 radical (unpaired) electrons. The molecule has 0 saturated heterocycles. The second-order valence-electron chi connectivity index (χ2n) is 28.0. The molecule has 8 aliphatic rings. The van der Waals surface area contributed by atoms with Gasteiger partial charge < -0.3 is 97.5 Å². The number of esters is 1. The SMILES string of the molecule is CC(=O)O.CCBr.CCOC(=O)CC(=O)CCl.N.N[C@H](CCC(=O)N[C@H](CSCc1cc(=O)oc2c3c4c(cc12)CCCN4CCC3)C(=O)NCC(=O)O)C(=O)O.O=c1cc(CBr)c2cc3c4c(c2o1)CCCN4CCC3.O=c1cc(CCl)c2cc3c4c(c2o1)CCCN4CCC3.Oc1ccc2c3c1CCCN3CCC2.[Br-].[Cl][Al]([Cl])[Cl].[Na+]. The number of rotatable bonds is 18. The molecule has 4 aromatic carbocycles. The first-order valence-corrected chi connectivity index (χ1v) is 47.9. The Morgan fingerprint density at radius 2 is 0.983 bits per heavy atom. The number of thioether (sulfide) groups is 1. The maximum Gasteiger partial charge on any atom is 1.00 e. The van der Waals surface area contributed by atoms with Crippen molar-refractivity contribution in [1.82, 2.24) is 16.8 Å². The zero-order chi connectivity index (χ0) is 82.9. The molecule has 7 aromatic rings. The van der Waals surface area contributed by atoms with E-state index in [2.05, 4.69) is 91.1 Å². The van der Waals surface area contributed by atoms with Crippen LogP contribution in [0.1, 0.15) is 153 Å². The number of amides is 2. The van der Waals surface area contributed by atoms with E-state index in [0.29, 0.717) is 34.9 Å². The molecule has 0 unspecified atom stereocenters. The second-order valence-corrected chi connectivity index (χ2v) is 37.7. The first kappa shape index (κ1) is 102. The number of carbonyl (C=O) groups is 7. The van der Waals surface area contributed by atoms with Gasteiger partial charge in [0.15, 0.2) is 5.78 Å². The number of hydrogen-bond acceptors (Lipinski definition) is 22. The fourth-order valence-electron chi connectivity index (χ4n) is 15.6. The van der Waals surface area contributed by atoms with Crippen LogP contribution in [0.4, 0.5) is 22.7 Å². The number of alkyl halides is 4. The van der Waals surface area contributed by atoms with Crippen LogP contribution >= 0.6 is 97.0 Å². The minimum atomic E-state index is -1.72. The number of phenols is 1. The molecule has 37 heteroatoms. The molecule has 0 fully saturated rings. The fourth-order valence-corrected chi connectivity index (χ4v) is 17.4. The third kappa shape index (κ3) is 28.9. The summed E-state index contributed by atoms with van der Waals surface area (Å²) in [5, 5.41) is 44.6. The smallest absolute Gasteiger partial charge is 1.00 e. The van der Waals surface area contributed by atoms with Crippen molar-refractivity contribution in [3.63, 3.8) is 0 Å². The van der Waals surface area contributed by atoms with E-state index >= 15 is 0 Å². The molecule has 634 valence electrons. The molecular formula is C80H100AlBr3Cl5N8NaO18S. The van der Waals surface area contributed by atoms with Gasteiger partial charge in [0.25, 0.3) is 5.97 Å². The van der Waals surface area contributed by atoms with E-state index in [9.17, 15) is 48.3 Å². The average molecular weight is 1960 g/mol. The zero-order valence-electron chi connectivity index (χ0n) is 66.1. The van der Waals surface area contributed by atoms with E-state index in [1.54, 1.807) is 13.0 Å². The molecule has 8 aliphatic heterocycles. The number of aryl methyl sites for hydroxylation is 7. The first-order chi connectivity index (χ1) is 54.6. The number of carboxylic acids is 3. The van der Waals surface area contributed by atoms with Crippen molar-refractivity contribution >= 4 is 205 Å². The Morgan fingerprint density at radius 1 is 0.607 bits per heavy atom. The summed E-state index contributed by atoms with van der Waals surface area (Å²) in [5.74, 6) is -4.21. The Labute approximate surface area is 759 Å². The van der Waals surface area contributed by atoms with Crippen LogP contribution in [0.3, 0.4) is 0 Å². The number of benzene rings is 4. The van der Waals surface area contributed by atoms with Gasteiger partial charge in [-0.15, -0.1) is 23.2 Å². The number of ketones is 1. The van der Waals surface area contributed by atoms with Crippen LogP contribution in [0.2, 0.25) is 0 Å². The van der Waals surface area contributed by atoms with E-state index in [-0.39, 0.29) is 101 Å². The monoisotopic (exact) mass is 1950 g/mol. The minimum absolute atomic E-state index is 0. The van der Waals surface area contributed by atoms with Crippen LogP contribution in [-0.2, 0) is 107 Å². The third-order valence-corrected chi connectivity index (χ3v) is 22.3.